The van der Waals surface area contributed by atoms with Gasteiger partial charge in [0.2, 0.25) is 5.95 Å². The topological polar surface area (TPSA) is 108 Å². The first-order valence-electron chi connectivity index (χ1n) is 16.2. The Labute approximate surface area is 269 Å². The number of piperidine rings is 1. The van der Waals surface area contributed by atoms with E-state index in [4.69, 9.17) is 9.72 Å². The Morgan fingerprint density at radius 2 is 1.83 bits per heavy atom. The zero-order valence-corrected chi connectivity index (χ0v) is 26.9. The van der Waals surface area contributed by atoms with Crippen molar-refractivity contribution in [3.63, 3.8) is 0 Å². The lowest BCUT2D eigenvalue weighted by Crippen LogP contribution is -2.44. The molecule has 0 atom stereocenters. The van der Waals surface area contributed by atoms with Crippen LogP contribution in [-0.2, 0) is 0 Å². The summed E-state index contributed by atoms with van der Waals surface area (Å²) < 4.78 is 23.4. The van der Waals surface area contributed by atoms with Gasteiger partial charge in [0.05, 0.1) is 29.8 Å². The summed E-state index contributed by atoms with van der Waals surface area (Å²) in [5.74, 6) is -0.492. The number of amides is 1. The molecule has 0 spiro atoms. The van der Waals surface area contributed by atoms with Crippen molar-refractivity contribution in [3.05, 3.63) is 66.1 Å². The summed E-state index contributed by atoms with van der Waals surface area (Å²) >= 11 is 0. The molecule has 2 aromatic carbocycles. The molecule has 2 fully saturated rings. The maximum absolute atomic E-state index is 15.9. The summed E-state index contributed by atoms with van der Waals surface area (Å²) in [6.45, 7) is 3.91. The van der Waals surface area contributed by atoms with Crippen LogP contribution in [0.3, 0.4) is 0 Å². The third kappa shape index (κ3) is 6.86. The lowest BCUT2D eigenvalue weighted by atomic mass is 9.93. The van der Waals surface area contributed by atoms with Crippen molar-refractivity contribution < 1.29 is 19.0 Å². The minimum atomic E-state index is -0.727. The van der Waals surface area contributed by atoms with Gasteiger partial charge in [0, 0.05) is 55.7 Å². The number of rotatable bonds is 10. The van der Waals surface area contributed by atoms with E-state index in [9.17, 15) is 9.90 Å². The van der Waals surface area contributed by atoms with E-state index >= 15 is 4.39 Å². The lowest BCUT2D eigenvalue weighted by Gasteiger charge is -2.34. The van der Waals surface area contributed by atoms with Crippen LogP contribution in [-0.4, -0.2) is 90.0 Å². The molecule has 3 heterocycles. The fraction of sp³-hybridized carbons (Fsp3) is 0.457. The van der Waals surface area contributed by atoms with Gasteiger partial charge in [-0.1, -0.05) is 12.1 Å². The summed E-state index contributed by atoms with van der Waals surface area (Å²) in [6, 6.07) is 15.2. The quantitative estimate of drug-likeness (QED) is 0.223. The van der Waals surface area contributed by atoms with Crippen molar-refractivity contribution in [1.29, 1.82) is 0 Å². The Kier molecular flexibility index (Phi) is 9.81. The highest BCUT2D eigenvalue weighted by Crippen LogP contribution is 2.37. The van der Waals surface area contributed by atoms with Gasteiger partial charge in [-0.15, -0.1) is 0 Å². The van der Waals surface area contributed by atoms with Crippen LogP contribution in [0.15, 0.2) is 54.7 Å². The number of ether oxygens (including phenoxy) is 1. The number of hydrogen-bond donors (Lipinski definition) is 3. The minimum absolute atomic E-state index is 0.0389. The number of likely N-dealkylation sites (N-methyl/N-ethyl adjacent to an activating group) is 1. The maximum atomic E-state index is 15.9. The number of nitrogens with zero attached hydrogens (tertiary/aromatic N) is 5. The molecule has 0 radical (unpaired) electrons. The summed E-state index contributed by atoms with van der Waals surface area (Å²) in [6.07, 6.45) is 6.10. The highest BCUT2D eigenvalue weighted by Gasteiger charge is 2.28. The fourth-order valence-corrected chi connectivity index (χ4v) is 6.70. The number of anilines is 2. The second-order valence-electron chi connectivity index (χ2n) is 12.6. The molecule has 6 rings (SSSR count). The molecular weight excluding hydrogens is 585 g/mol. The standard InChI is InChI=1S/C35H44FN7O3/c1-41(2)21-18-37-23-15-19-42(20-16-23)25-10-13-29-30(22-25)43(24-8-11-26(44)12-9-24)35(39-29)40-34(45)28-14-17-38-33(32(28)36)27-6-4-5-7-31(27)46-3/h4-7,10,13-14,17,22-24,26,37,44H,8-9,11-12,15-16,18-21H2,1-3H3,(H,39,40,45)/t24-,26+. The Hall–Kier alpha value is -4.06. The third-order valence-corrected chi connectivity index (χ3v) is 9.28. The van der Waals surface area contributed by atoms with Crippen molar-refractivity contribution >= 4 is 28.6 Å². The molecule has 1 aliphatic carbocycles. The monoisotopic (exact) mass is 629 g/mol. The highest BCUT2D eigenvalue weighted by molar-refractivity contribution is 6.05. The van der Waals surface area contributed by atoms with Gasteiger partial charge in [-0.3, -0.25) is 15.1 Å². The van der Waals surface area contributed by atoms with E-state index in [1.807, 2.05) is 6.07 Å². The van der Waals surface area contributed by atoms with E-state index < -0.39 is 11.7 Å². The lowest BCUT2D eigenvalue weighted by molar-refractivity contribution is 0.101. The molecule has 1 aliphatic heterocycles. The number of aliphatic hydroxyl groups is 1. The minimum Gasteiger partial charge on any atom is -0.496 e. The summed E-state index contributed by atoms with van der Waals surface area (Å²) in [7, 11) is 5.70. The van der Waals surface area contributed by atoms with Gasteiger partial charge in [0.1, 0.15) is 11.4 Å². The first-order chi connectivity index (χ1) is 22.3. The molecule has 10 nitrogen and oxygen atoms in total. The summed E-state index contributed by atoms with van der Waals surface area (Å²) in [5.41, 5.74) is 3.18. The molecule has 1 saturated carbocycles. The Balaban J connectivity index is 1.27. The molecular formula is C35H44FN7O3. The molecule has 2 aromatic heterocycles. The zero-order valence-electron chi connectivity index (χ0n) is 26.9. The van der Waals surface area contributed by atoms with Gasteiger partial charge in [-0.05, 0) is 89.0 Å². The molecule has 0 bridgehead atoms. The van der Waals surface area contributed by atoms with Crippen molar-refractivity contribution in [3.8, 4) is 17.0 Å². The van der Waals surface area contributed by atoms with Crippen molar-refractivity contribution in [2.75, 3.05) is 57.6 Å². The van der Waals surface area contributed by atoms with Crippen molar-refractivity contribution in [2.45, 2.75) is 56.7 Å². The number of carbonyl (C=O) groups excluding carboxylic acids is 1. The number of nitrogens with one attached hydrogen (secondary N) is 2. The molecule has 3 N–H and O–H groups in total. The largest absolute Gasteiger partial charge is 0.496 e. The zero-order chi connectivity index (χ0) is 32.2. The molecule has 1 amide bonds. The number of fused-ring (bicyclic) bond motifs is 1. The molecule has 11 heteroatoms. The van der Waals surface area contributed by atoms with E-state index in [0.717, 1.165) is 68.6 Å². The van der Waals surface area contributed by atoms with Gasteiger partial charge in [0.15, 0.2) is 5.82 Å². The third-order valence-electron chi connectivity index (χ3n) is 9.28. The smallest absolute Gasteiger partial charge is 0.261 e. The Morgan fingerprint density at radius 1 is 1.07 bits per heavy atom. The fourth-order valence-electron chi connectivity index (χ4n) is 6.70. The number of benzene rings is 2. The van der Waals surface area contributed by atoms with Crippen LogP contribution in [0.5, 0.6) is 5.75 Å². The van der Waals surface area contributed by atoms with Crippen LogP contribution >= 0.6 is 0 Å². The first-order valence-corrected chi connectivity index (χ1v) is 16.2. The van der Waals surface area contributed by atoms with Crippen LogP contribution in [0.2, 0.25) is 0 Å². The normalized spacial score (nSPS) is 19.1. The second-order valence-corrected chi connectivity index (χ2v) is 12.6. The predicted molar refractivity (Wildman–Crippen MR) is 179 cm³/mol. The molecule has 1 saturated heterocycles. The molecule has 4 aromatic rings. The van der Waals surface area contributed by atoms with Crippen LogP contribution < -0.4 is 20.3 Å². The first kappa shape index (κ1) is 31.9. The Morgan fingerprint density at radius 3 is 2.57 bits per heavy atom. The van der Waals surface area contributed by atoms with Gasteiger partial charge >= 0.3 is 0 Å². The van der Waals surface area contributed by atoms with Crippen molar-refractivity contribution in [1.82, 2.24) is 24.8 Å². The summed E-state index contributed by atoms with van der Waals surface area (Å²) in [5, 5.41) is 16.9. The van der Waals surface area contributed by atoms with E-state index in [1.54, 1.807) is 24.3 Å². The average molecular weight is 630 g/mol. The van der Waals surface area contributed by atoms with Gasteiger partial charge in [-0.2, -0.15) is 0 Å². The maximum Gasteiger partial charge on any atom is 0.261 e. The second kappa shape index (κ2) is 14.1. The summed E-state index contributed by atoms with van der Waals surface area (Å²) in [4.78, 5) is 27.3. The van der Waals surface area contributed by atoms with Crippen LogP contribution in [0.1, 0.15) is 54.9 Å². The van der Waals surface area contributed by atoms with Crippen LogP contribution in [0.4, 0.5) is 16.0 Å². The molecule has 0 unspecified atom stereocenters. The Bertz CT molecular complexity index is 1660. The van der Waals surface area contributed by atoms with Crippen LogP contribution in [0.25, 0.3) is 22.3 Å². The highest BCUT2D eigenvalue weighted by atomic mass is 19.1. The van der Waals surface area contributed by atoms with Gasteiger partial charge in [0.25, 0.3) is 5.91 Å². The molecule has 46 heavy (non-hydrogen) atoms. The molecule has 244 valence electrons. The number of para-hydroxylation sites is 1. The average Bonchev–Trinajstić information content (AvgIpc) is 3.42. The SMILES string of the molecule is COc1ccccc1-c1nccc(C(=O)Nc2nc3ccc(N4CCC(NCCN(C)C)CC4)cc3n2[C@H]2CC[C@@H](O)CC2)c1F. The van der Waals surface area contributed by atoms with Gasteiger partial charge in [-0.25, -0.2) is 9.37 Å². The number of methoxy groups -OCH3 is 1. The number of hydrogen-bond acceptors (Lipinski definition) is 8. The number of pyridine rings is 1. The van der Waals surface area contributed by atoms with E-state index in [1.165, 1.54) is 19.4 Å². The number of aliphatic hydroxyl groups excluding tert-OH is 1. The number of aromatic nitrogens is 3. The predicted octanol–water partition coefficient (Wildman–Crippen LogP) is 5.09. The van der Waals surface area contributed by atoms with Crippen molar-refractivity contribution in [2.24, 2.45) is 0 Å². The van der Waals surface area contributed by atoms with E-state index in [-0.39, 0.29) is 23.4 Å². The number of imidazole rings is 1. The van der Waals surface area contributed by atoms with Gasteiger partial charge < -0.3 is 29.5 Å². The number of halogens is 1. The van der Waals surface area contributed by atoms with E-state index in [2.05, 4.69) is 56.2 Å². The van der Waals surface area contributed by atoms with Crippen LogP contribution in [0, 0.1) is 5.82 Å². The number of carbonyl (C=O) groups is 1. The van der Waals surface area contributed by atoms with E-state index in [0.29, 0.717) is 36.1 Å². The molecule has 2 aliphatic rings.